The summed E-state index contributed by atoms with van der Waals surface area (Å²) in [5.41, 5.74) is 3.59. The smallest absolute Gasteiger partial charge is 0.255 e. The molecule has 2 aromatic rings. The van der Waals surface area contributed by atoms with Crippen LogP contribution in [0.4, 0.5) is 11.5 Å². The van der Waals surface area contributed by atoms with Gasteiger partial charge in [0, 0.05) is 37.3 Å². The van der Waals surface area contributed by atoms with E-state index in [1.165, 1.54) is 5.56 Å². The maximum atomic E-state index is 13.0. The van der Waals surface area contributed by atoms with Crippen LogP contribution in [0.25, 0.3) is 0 Å². The van der Waals surface area contributed by atoms with Gasteiger partial charge in [0.05, 0.1) is 5.88 Å². The highest BCUT2D eigenvalue weighted by molar-refractivity contribution is 7.99. The van der Waals surface area contributed by atoms with Gasteiger partial charge in [-0.05, 0) is 49.2 Å². The van der Waals surface area contributed by atoms with E-state index < -0.39 is 6.04 Å². The third kappa shape index (κ3) is 4.24. The zero-order valence-corrected chi connectivity index (χ0v) is 16.8. The van der Waals surface area contributed by atoms with Crippen LogP contribution in [-0.4, -0.2) is 53.5 Å². The quantitative estimate of drug-likeness (QED) is 0.878. The Morgan fingerprint density at radius 3 is 2.67 bits per heavy atom. The number of nitrogens with one attached hydrogen (secondary N) is 1. The third-order valence-corrected chi connectivity index (χ3v) is 5.68. The number of thioether (sulfide) groups is 1. The topological polar surface area (TPSA) is 65.5 Å². The number of aryl methyl sites for hydroxylation is 2. The van der Waals surface area contributed by atoms with Gasteiger partial charge in [-0.15, -0.1) is 11.8 Å². The van der Waals surface area contributed by atoms with Gasteiger partial charge in [0.25, 0.3) is 5.91 Å². The summed E-state index contributed by atoms with van der Waals surface area (Å²) < 4.78 is 0. The molecule has 0 radical (unpaired) electrons. The molecular formula is C20H24N4O2S. The standard InChI is InChI=1S/C20H24N4O2S/c1-13-5-6-16(9-14(13)2)22-19(25)17-11-27-12-24(17)20(26)15-7-8-21-18(10-15)23(3)4/h5-10,17H,11-12H2,1-4H3,(H,22,25). The van der Waals surface area contributed by atoms with Crippen LogP contribution in [0.5, 0.6) is 0 Å². The number of carbonyl (C=O) groups is 2. The van der Waals surface area contributed by atoms with E-state index in [-0.39, 0.29) is 11.8 Å². The Labute approximate surface area is 164 Å². The molecule has 0 aliphatic carbocycles. The summed E-state index contributed by atoms with van der Waals surface area (Å²) in [7, 11) is 3.75. The molecule has 1 N–H and O–H groups in total. The number of rotatable bonds is 4. The molecule has 1 aromatic carbocycles. The molecule has 0 saturated carbocycles. The fourth-order valence-electron chi connectivity index (χ4n) is 2.87. The van der Waals surface area contributed by atoms with Crippen molar-refractivity contribution in [3.8, 4) is 0 Å². The second-order valence-electron chi connectivity index (χ2n) is 6.88. The van der Waals surface area contributed by atoms with Crippen LogP contribution in [0.3, 0.4) is 0 Å². The fourth-order valence-corrected chi connectivity index (χ4v) is 4.02. The fraction of sp³-hybridized carbons (Fsp3) is 0.350. The highest BCUT2D eigenvalue weighted by Crippen LogP contribution is 2.25. The Morgan fingerprint density at radius 1 is 1.19 bits per heavy atom. The minimum absolute atomic E-state index is 0.147. The van der Waals surface area contributed by atoms with Crippen LogP contribution >= 0.6 is 11.8 Å². The number of benzene rings is 1. The summed E-state index contributed by atoms with van der Waals surface area (Å²) in [5, 5.41) is 2.95. The summed E-state index contributed by atoms with van der Waals surface area (Å²) in [5.74, 6) is 1.50. The maximum Gasteiger partial charge on any atom is 0.255 e. The van der Waals surface area contributed by atoms with Crippen molar-refractivity contribution >= 4 is 35.1 Å². The monoisotopic (exact) mass is 384 g/mol. The molecule has 0 bridgehead atoms. The highest BCUT2D eigenvalue weighted by Gasteiger charge is 2.35. The molecule has 3 rings (SSSR count). The zero-order valence-electron chi connectivity index (χ0n) is 16.0. The van der Waals surface area contributed by atoms with Crippen molar-refractivity contribution in [3.63, 3.8) is 0 Å². The second-order valence-corrected chi connectivity index (χ2v) is 7.88. The van der Waals surface area contributed by atoms with Crippen molar-refractivity contribution in [2.24, 2.45) is 0 Å². The van der Waals surface area contributed by atoms with Crippen LogP contribution in [0.1, 0.15) is 21.5 Å². The molecule has 27 heavy (non-hydrogen) atoms. The molecule has 1 fully saturated rings. The van der Waals surface area contributed by atoms with E-state index in [0.29, 0.717) is 23.0 Å². The zero-order chi connectivity index (χ0) is 19.6. The summed E-state index contributed by atoms with van der Waals surface area (Å²) in [6.07, 6.45) is 1.62. The van der Waals surface area contributed by atoms with Crippen LogP contribution in [0, 0.1) is 13.8 Å². The van der Waals surface area contributed by atoms with E-state index >= 15 is 0 Å². The van der Waals surface area contributed by atoms with Crippen LogP contribution in [0.15, 0.2) is 36.5 Å². The number of nitrogens with zero attached hydrogens (tertiary/aromatic N) is 3. The first kappa shape index (κ1) is 19.2. The van der Waals surface area contributed by atoms with Crippen LogP contribution in [-0.2, 0) is 4.79 Å². The van der Waals surface area contributed by atoms with Crippen molar-refractivity contribution in [2.75, 3.05) is 35.9 Å². The molecule has 2 heterocycles. The first-order valence-corrected chi connectivity index (χ1v) is 9.92. The molecule has 1 unspecified atom stereocenters. The molecule has 1 aliphatic heterocycles. The number of hydrogen-bond donors (Lipinski definition) is 1. The van der Waals surface area contributed by atoms with Crippen LogP contribution < -0.4 is 10.2 Å². The molecule has 142 valence electrons. The molecule has 1 atom stereocenters. The Bertz CT molecular complexity index is 869. The van der Waals surface area contributed by atoms with E-state index in [9.17, 15) is 9.59 Å². The van der Waals surface area contributed by atoms with Gasteiger partial charge in [0.1, 0.15) is 11.9 Å². The highest BCUT2D eigenvalue weighted by atomic mass is 32.2. The van der Waals surface area contributed by atoms with Gasteiger partial charge in [0.2, 0.25) is 5.91 Å². The summed E-state index contributed by atoms with van der Waals surface area (Å²) in [4.78, 5) is 33.5. The minimum Gasteiger partial charge on any atom is -0.363 e. The van der Waals surface area contributed by atoms with E-state index in [2.05, 4.69) is 10.3 Å². The van der Waals surface area contributed by atoms with E-state index in [0.717, 1.165) is 11.3 Å². The van der Waals surface area contributed by atoms with Crippen LogP contribution in [0.2, 0.25) is 0 Å². The summed E-state index contributed by atoms with van der Waals surface area (Å²) >= 11 is 1.59. The number of amides is 2. The van der Waals surface area contributed by atoms with Gasteiger partial charge in [-0.2, -0.15) is 0 Å². The minimum atomic E-state index is -0.486. The number of pyridine rings is 1. The first-order chi connectivity index (χ1) is 12.9. The van der Waals surface area contributed by atoms with Crippen molar-refractivity contribution < 1.29 is 9.59 Å². The van der Waals surface area contributed by atoms with Crippen molar-refractivity contribution in [2.45, 2.75) is 19.9 Å². The lowest BCUT2D eigenvalue weighted by Crippen LogP contribution is -2.44. The van der Waals surface area contributed by atoms with Gasteiger partial charge in [0.15, 0.2) is 0 Å². The summed E-state index contributed by atoms with van der Waals surface area (Å²) in [6.45, 7) is 4.05. The number of aromatic nitrogens is 1. The molecule has 0 spiro atoms. The molecule has 1 aliphatic rings. The predicted octanol–water partition coefficient (Wildman–Crippen LogP) is 2.92. The average molecular weight is 385 g/mol. The van der Waals surface area contributed by atoms with Crippen molar-refractivity contribution in [1.82, 2.24) is 9.88 Å². The van der Waals surface area contributed by atoms with E-state index in [4.69, 9.17) is 0 Å². The van der Waals surface area contributed by atoms with Gasteiger partial charge in [-0.3, -0.25) is 9.59 Å². The van der Waals surface area contributed by atoms with Gasteiger partial charge in [-0.1, -0.05) is 6.07 Å². The summed E-state index contributed by atoms with van der Waals surface area (Å²) in [6, 6.07) is 8.78. The lowest BCUT2D eigenvalue weighted by Gasteiger charge is -2.23. The Morgan fingerprint density at radius 2 is 1.96 bits per heavy atom. The molecule has 2 amide bonds. The molecule has 1 saturated heterocycles. The SMILES string of the molecule is Cc1ccc(NC(=O)C2CSCN2C(=O)c2ccnc(N(C)C)c2)cc1C. The average Bonchev–Trinajstić information content (AvgIpc) is 3.14. The first-order valence-electron chi connectivity index (χ1n) is 8.77. The Balaban J connectivity index is 1.76. The normalized spacial score (nSPS) is 16.3. The lowest BCUT2D eigenvalue weighted by molar-refractivity contribution is -0.119. The maximum absolute atomic E-state index is 13.0. The Kier molecular flexibility index (Phi) is 5.70. The van der Waals surface area contributed by atoms with E-state index in [1.54, 1.807) is 35.0 Å². The number of anilines is 2. The Hall–Kier alpha value is -2.54. The van der Waals surface area contributed by atoms with Gasteiger partial charge < -0.3 is 15.1 Å². The molecular weight excluding hydrogens is 360 g/mol. The molecule has 1 aromatic heterocycles. The second kappa shape index (κ2) is 8.00. The van der Waals surface area contributed by atoms with E-state index in [1.807, 2.05) is 51.0 Å². The van der Waals surface area contributed by atoms with Gasteiger partial charge >= 0.3 is 0 Å². The van der Waals surface area contributed by atoms with Crippen molar-refractivity contribution in [3.05, 3.63) is 53.2 Å². The molecule has 7 heteroatoms. The number of hydrogen-bond acceptors (Lipinski definition) is 5. The molecule has 6 nitrogen and oxygen atoms in total. The largest absolute Gasteiger partial charge is 0.363 e. The predicted molar refractivity (Wildman–Crippen MR) is 110 cm³/mol. The lowest BCUT2D eigenvalue weighted by atomic mass is 10.1. The van der Waals surface area contributed by atoms with Crippen molar-refractivity contribution in [1.29, 1.82) is 0 Å². The number of carbonyl (C=O) groups excluding carboxylic acids is 2. The third-order valence-electron chi connectivity index (χ3n) is 4.67. The van der Waals surface area contributed by atoms with Gasteiger partial charge in [-0.25, -0.2) is 4.98 Å².